The average Bonchev–Trinajstić information content (AvgIpc) is 2.81. The highest BCUT2D eigenvalue weighted by Crippen LogP contribution is 2.30. The molecule has 1 aliphatic heterocycles. The van der Waals surface area contributed by atoms with E-state index < -0.39 is 10.0 Å². The van der Waals surface area contributed by atoms with Crippen LogP contribution < -0.4 is 5.32 Å². The molecule has 0 bridgehead atoms. The number of halogens is 1. The van der Waals surface area contributed by atoms with Crippen molar-refractivity contribution in [3.05, 3.63) is 16.5 Å². The molecule has 8 heteroatoms. The summed E-state index contributed by atoms with van der Waals surface area (Å²) < 4.78 is 37.6. The van der Waals surface area contributed by atoms with E-state index in [0.29, 0.717) is 38.2 Å². The molecule has 0 spiro atoms. The van der Waals surface area contributed by atoms with Crippen LogP contribution in [0, 0.1) is 0 Å². The van der Waals surface area contributed by atoms with Crippen molar-refractivity contribution in [3.8, 4) is 0 Å². The Balaban J connectivity index is 2.18. The normalized spacial score (nSPS) is 18.6. The van der Waals surface area contributed by atoms with E-state index in [9.17, 15) is 8.42 Å². The van der Waals surface area contributed by atoms with Crippen LogP contribution in [0.25, 0.3) is 0 Å². The lowest BCUT2D eigenvalue weighted by Crippen LogP contribution is -2.40. The molecule has 1 aromatic rings. The molecule has 114 valence electrons. The lowest BCUT2D eigenvalue weighted by atomic mass is 10.1. The summed E-state index contributed by atoms with van der Waals surface area (Å²) in [5.41, 5.74) is 0. The number of ether oxygens (including phenoxy) is 1. The van der Waals surface area contributed by atoms with Gasteiger partial charge in [-0.15, -0.1) is 0 Å². The Morgan fingerprint density at radius 3 is 2.70 bits per heavy atom. The number of hydrogen-bond acceptors (Lipinski definition) is 5. The quantitative estimate of drug-likeness (QED) is 0.855. The predicted molar refractivity (Wildman–Crippen MR) is 78.0 cm³/mol. The van der Waals surface area contributed by atoms with E-state index in [0.717, 1.165) is 0 Å². The summed E-state index contributed by atoms with van der Waals surface area (Å²) in [5.74, 6) is 0.588. The highest BCUT2D eigenvalue weighted by Gasteiger charge is 2.32. The summed E-state index contributed by atoms with van der Waals surface area (Å²) in [7, 11) is -0.0763. The van der Waals surface area contributed by atoms with Crippen molar-refractivity contribution >= 4 is 26.0 Å². The summed E-state index contributed by atoms with van der Waals surface area (Å²) in [6.07, 6.45) is 1.58. The van der Waals surface area contributed by atoms with Gasteiger partial charge in [0.15, 0.2) is 4.67 Å². The fourth-order valence-corrected chi connectivity index (χ4v) is 4.71. The Kier molecular flexibility index (Phi) is 5.25. The first-order chi connectivity index (χ1) is 9.48. The van der Waals surface area contributed by atoms with Gasteiger partial charge in [0.05, 0.1) is 12.6 Å². The molecule has 1 aromatic heterocycles. The van der Waals surface area contributed by atoms with E-state index in [-0.39, 0.29) is 15.7 Å². The zero-order valence-electron chi connectivity index (χ0n) is 11.6. The van der Waals surface area contributed by atoms with Crippen LogP contribution >= 0.6 is 15.9 Å². The molecule has 6 nitrogen and oxygen atoms in total. The van der Waals surface area contributed by atoms with Gasteiger partial charge >= 0.3 is 0 Å². The first-order valence-electron chi connectivity index (χ1n) is 6.44. The second kappa shape index (κ2) is 6.57. The number of sulfonamides is 1. The Morgan fingerprint density at radius 2 is 2.15 bits per heavy atom. The van der Waals surface area contributed by atoms with Crippen molar-refractivity contribution in [2.75, 3.05) is 27.2 Å². The van der Waals surface area contributed by atoms with Crippen molar-refractivity contribution < 1.29 is 17.6 Å². The molecule has 20 heavy (non-hydrogen) atoms. The van der Waals surface area contributed by atoms with Gasteiger partial charge in [-0.25, -0.2) is 8.42 Å². The van der Waals surface area contributed by atoms with E-state index >= 15 is 0 Å². The second-order valence-corrected chi connectivity index (χ2v) is 7.35. The minimum atomic E-state index is -3.51. The second-order valence-electron chi connectivity index (χ2n) is 4.72. The predicted octanol–water partition coefficient (Wildman–Crippen LogP) is 1.56. The van der Waals surface area contributed by atoms with Crippen LogP contribution in [0.1, 0.15) is 18.6 Å². The maximum absolute atomic E-state index is 12.6. The van der Waals surface area contributed by atoms with Gasteiger partial charge in [0.2, 0.25) is 10.0 Å². The minimum absolute atomic E-state index is 0.147. The molecule has 0 atom stereocenters. The average molecular weight is 367 g/mol. The van der Waals surface area contributed by atoms with Crippen molar-refractivity contribution in [1.29, 1.82) is 0 Å². The Hall–Kier alpha value is -0.410. The number of nitrogens with zero attached hydrogens (tertiary/aromatic N) is 1. The van der Waals surface area contributed by atoms with Gasteiger partial charge in [-0.2, -0.15) is 4.31 Å². The van der Waals surface area contributed by atoms with E-state index in [1.54, 1.807) is 20.2 Å². The van der Waals surface area contributed by atoms with E-state index in [1.165, 1.54) is 4.31 Å². The van der Waals surface area contributed by atoms with Crippen LogP contribution in [0.5, 0.6) is 0 Å². The van der Waals surface area contributed by atoms with Crippen LogP contribution in [-0.2, 0) is 21.3 Å². The molecule has 1 aliphatic rings. The van der Waals surface area contributed by atoms with Gasteiger partial charge in [-0.1, -0.05) is 0 Å². The molecular formula is C12H19BrN2O4S. The topological polar surface area (TPSA) is 71.8 Å². The van der Waals surface area contributed by atoms with Gasteiger partial charge in [0.25, 0.3) is 0 Å². The first-order valence-corrected chi connectivity index (χ1v) is 8.68. The molecule has 1 saturated heterocycles. The summed E-state index contributed by atoms with van der Waals surface area (Å²) in [4.78, 5) is 0.193. The summed E-state index contributed by atoms with van der Waals surface area (Å²) in [6.45, 7) is 1.43. The van der Waals surface area contributed by atoms with Gasteiger partial charge in [-0.3, -0.25) is 0 Å². The zero-order chi connectivity index (χ0) is 14.8. The van der Waals surface area contributed by atoms with Crippen LogP contribution in [0.4, 0.5) is 0 Å². The van der Waals surface area contributed by atoms with E-state index in [4.69, 9.17) is 9.15 Å². The van der Waals surface area contributed by atoms with Crippen molar-refractivity contribution in [1.82, 2.24) is 9.62 Å². The Morgan fingerprint density at radius 1 is 1.50 bits per heavy atom. The molecule has 2 rings (SSSR count). The van der Waals surface area contributed by atoms with Gasteiger partial charge < -0.3 is 14.5 Å². The van der Waals surface area contributed by atoms with E-state index in [2.05, 4.69) is 21.2 Å². The van der Waals surface area contributed by atoms with Crippen LogP contribution in [0.3, 0.4) is 0 Å². The van der Waals surface area contributed by atoms with Gasteiger partial charge in [-0.05, 0) is 35.8 Å². The van der Waals surface area contributed by atoms with Crippen molar-refractivity contribution in [2.45, 2.75) is 30.4 Å². The lowest BCUT2D eigenvalue weighted by Gasteiger charge is -2.30. The lowest BCUT2D eigenvalue weighted by molar-refractivity contribution is 0.0604. The number of piperidine rings is 1. The highest BCUT2D eigenvalue weighted by molar-refractivity contribution is 9.10. The monoisotopic (exact) mass is 366 g/mol. The number of furan rings is 1. The largest absolute Gasteiger partial charge is 0.452 e. The highest BCUT2D eigenvalue weighted by atomic mass is 79.9. The molecule has 0 amide bonds. The summed E-state index contributed by atoms with van der Waals surface area (Å²) in [5, 5.41) is 2.93. The molecular weight excluding hydrogens is 348 g/mol. The number of hydrogen-bond donors (Lipinski definition) is 1. The summed E-state index contributed by atoms with van der Waals surface area (Å²) in [6, 6.07) is 1.57. The maximum Gasteiger partial charge on any atom is 0.247 e. The van der Waals surface area contributed by atoms with E-state index in [1.807, 2.05) is 0 Å². The third-order valence-electron chi connectivity index (χ3n) is 3.41. The molecule has 0 aliphatic carbocycles. The standard InChI is InChI=1S/C12H19BrN2O4S/c1-14-8-10-7-11(12(13)19-10)20(16,17)15-5-3-9(18-2)4-6-15/h7,9,14H,3-6,8H2,1-2H3. The van der Waals surface area contributed by atoms with Crippen molar-refractivity contribution in [2.24, 2.45) is 0 Å². The molecule has 1 fully saturated rings. The minimum Gasteiger partial charge on any atom is -0.452 e. The Bertz CT molecular complexity index is 550. The SMILES string of the molecule is CNCc1cc(S(=O)(=O)N2CCC(OC)CC2)c(Br)o1. The number of rotatable bonds is 5. The van der Waals surface area contributed by atoms with Gasteiger partial charge in [0.1, 0.15) is 10.7 Å². The number of nitrogens with one attached hydrogen (secondary N) is 1. The molecule has 1 N–H and O–H groups in total. The smallest absolute Gasteiger partial charge is 0.247 e. The van der Waals surface area contributed by atoms with Crippen LogP contribution in [0.2, 0.25) is 0 Å². The first kappa shape index (κ1) is 16.0. The molecule has 0 aromatic carbocycles. The fraction of sp³-hybridized carbons (Fsp3) is 0.667. The van der Waals surface area contributed by atoms with Crippen molar-refractivity contribution in [3.63, 3.8) is 0 Å². The third kappa shape index (κ3) is 3.25. The maximum atomic E-state index is 12.6. The third-order valence-corrected chi connectivity index (χ3v) is 6.17. The summed E-state index contributed by atoms with van der Waals surface area (Å²) >= 11 is 3.19. The van der Waals surface area contributed by atoms with Crippen LogP contribution in [-0.4, -0.2) is 46.1 Å². The zero-order valence-corrected chi connectivity index (χ0v) is 14.0. The van der Waals surface area contributed by atoms with Gasteiger partial charge in [0, 0.05) is 26.3 Å². The molecule has 0 unspecified atom stereocenters. The molecule has 2 heterocycles. The van der Waals surface area contributed by atoms with Crippen LogP contribution in [0.15, 0.2) is 20.0 Å². The Labute approximate surface area is 127 Å². The molecule has 0 saturated carbocycles. The number of methoxy groups -OCH3 is 1. The fourth-order valence-electron chi connectivity index (χ4n) is 2.28. The molecule has 0 radical (unpaired) electrons.